The number of amides is 1. The predicted octanol–water partition coefficient (Wildman–Crippen LogP) is 0.0648. The Bertz CT molecular complexity index is 401. The van der Waals surface area contributed by atoms with Crippen molar-refractivity contribution in [3.63, 3.8) is 0 Å². The lowest BCUT2D eigenvalue weighted by molar-refractivity contribution is -0.117. The molecule has 0 spiro atoms. The number of carbonyl (C=O) groups excluding carboxylic acids is 1. The number of carbonyl (C=O) groups is 1. The lowest BCUT2D eigenvalue weighted by Crippen LogP contribution is -2.19. The highest BCUT2D eigenvalue weighted by molar-refractivity contribution is 5.75. The molecule has 5 nitrogen and oxygen atoms in total. The van der Waals surface area contributed by atoms with Gasteiger partial charge in [-0.2, -0.15) is 0 Å². The van der Waals surface area contributed by atoms with Gasteiger partial charge in [0.25, 0.3) is 0 Å². The highest BCUT2D eigenvalue weighted by atomic mass is 16.1. The average molecular weight is 220 g/mol. The zero-order valence-electron chi connectivity index (χ0n) is 9.36. The Balaban J connectivity index is 2.04. The van der Waals surface area contributed by atoms with Crippen LogP contribution in [0.25, 0.3) is 0 Å². The fourth-order valence-electron chi connectivity index (χ4n) is 1.56. The van der Waals surface area contributed by atoms with Crippen molar-refractivity contribution in [2.45, 2.75) is 38.8 Å². The van der Waals surface area contributed by atoms with Gasteiger partial charge < -0.3 is 11.1 Å². The van der Waals surface area contributed by atoms with Crippen LogP contribution < -0.4 is 11.1 Å². The van der Waals surface area contributed by atoms with Crippen molar-refractivity contribution in [3.8, 4) is 0 Å². The zero-order chi connectivity index (χ0) is 11.5. The molecule has 3 N–H and O–H groups in total. The summed E-state index contributed by atoms with van der Waals surface area (Å²) in [6, 6.07) is 2.58. The maximum atomic E-state index is 10.8. The summed E-state index contributed by atoms with van der Waals surface area (Å²) in [5, 5.41) is 3.37. The van der Waals surface area contributed by atoms with E-state index in [0.717, 1.165) is 17.9 Å². The van der Waals surface area contributed by atoms with Gasteiger partial charge in [-0.15, -0.1) is 0 Å². The maximum absolute atomic E-state index is 10.8. The van der Waals surface area contributed by atoms with Crippen molar-refractivity contribution < 1.29 is 4.79 Å². The minimum Gasteiger partial charge on any atom is -0.369 e. The number of rotatable bonds is 5. The lowest BCUT2D eigenvalue weighted by atomic mass is 10.3. The number of nitrogens with one attached hydrogen (secondary N) is 1. The first-order valence-corrected chi connectivity index (χ1v) is 5.48. The first-order chi connectivity index (χ1) is 7.63. The monoisotopic (exact) mass is 220 g/mol. The van der Waals surface area contributed by atoms with E-state index in [9.17, 15) is 4.79 Å². The SMILES string of the molecule is Cc1cc(CNC2CC2)nc(CC(N)=O)n1. The minimum atomic E-state index is -0.397. The van der Waals surface area contributed by atoms with Crippen molar-refractivity contribution in [2.75, 3.05) is 0 Å². The van der Waals surface area contributed by atoms with Crippen molar-refractivity contribution in [2.24, 2.45) is 5.73 Å². The van der Waals surface area contributed by atoms with E-state index in [0.29, 0.717) is 11.9 Å². The molecule has 1 saturated carbocycles. The third kappa shape index (κ3) is 3.27. The van der Waals surface area contributed by atoms with Crippen LogP contribution in [0.4, 0.5) is 0 Å². The van der Waals surface area contributed by atoms with Crippen molar-refractivity contribution >= 4 is 5.91 Å². The van der Waals surface area contributed by atoms with Crippen LogP contribution in [0.2, 0.25) is 0 Å². The molecule has 1 aromatic heterocycles. The van der Waals surface area contributed by atoms with Gasteiger partial charge in [-0.05, 0) is 25.8 Å². The Kier molecular flexibility index (Phi) is 3.14. The van der Waals surface area contributed by atoms with Gasteiger partial charge in [0.2, 0.25) is 5.91 Å². The Labute approximate surface area is 94.5 Å². The number of primary amides is 1. The van der Waals surface area contributed by atoms with Crippen LogP contribution in [-0.4, -0.2) is 21.9 Å². The highest BCUT2D eigenvalue weighted by Gasteiger charge is 2.20. The van der Waals surface area contributed by atoms with Gasteiger partial charge in [0.1, 0.15) is 5.82 Å². The van der Waals surface area contributed by atoms with Crippen LogP contribution in [-0.2, 0) is 17.8 Å². The fraction of sp³-hybridized carbons (Fsp3) is 0.545. The molecule has 2 rings (SSSR count). The van der Waals surface area contributed by atoms with Gasteiger partial charge in [0.05, 0.1) is 12.1 Å². The molecule has 1 fully saturated rings. The van der Waals surface area contributed by atoms with Gasteiger partial charge in [-0.3, -0.25) is 4.79 Å². The van der Waals surface area contributed by atoms with Crippen molar-refractivity contribution in [3.05, 3.63) is 23.3 Å². The summed E-state index contributed by atoms with van der Waals surface area (Å²) in [6.07, 6.45) is 2.61. The van der Waals surface area contributed by atoms with Crippen LogP contribution >= 0.6 is 0 Å². The number of aryl methyl sites for hydroxylation is 1. The first kappa shape index (κ1) is 11.0. The summed E-state index contributed by atoms with van der Waals surface area (Å²) in [7, 11) is 0. The molecule has 0 aliphatic heterocycles. The molecule has 0 radical (unpaired) electrons. The predicted molar refractivity (Wildman–Crippen MR) is 59.5 cm³/mol. The third-order valence-corrected chi connectivity index (χ3v) is 2.44. The Hall–Kier alpha value is -1.49. The van der Waals surface area contributed by atoms with Gasteiger partial charge >= 0.3 is 0 Å². The molecule has 0 atom stereocenters. The number of nitrogens with zero attached hydrogens (tertiary/aromatic N) is 2. The molecular weight excluding hydrogens is 204 g/mol. The first-order valence-electron chi connectivity index (χ1n) is 5.48. The minimum absolute atomic E-state index is 0.109. The molecule has 1 aliphatic rings. The van der Waals surface area contributed by atoms with Crippen molar-refractivity contribution in [1.29, 1.82) is 0 Å². The van der Waals surface area contributed by atoms with Gasteiger partial charge in [0.15, 0.2) is 0 Å². The Morgan fingerprint density at radius 1 is 1.56 bits per heavy atom. The number of hydrogen-bond donors (Lipinski definition) is 2. The fourth-order valence-corrected chi connectivity index (χ4v) is 1.56. The molecule has 86 valence electrons. The summed E-state index contributed by atoms with van der Waals surface area (Å²) < 4.78 is 0. The summed E-state index contributed by atoms with van der Waals surface area (Å²) in [6.45, 7) is 2.63. The van der Waals surface area contributed by atoms with E-state index < -0.39 is 5.91 Å². The van der Waals surface area contributed by atoms with E-state index in [1.807, 2.05) is 13.0 Å². The summed E-state index contributed by atoms with van der Waals surface area (Å²) in [4.78, 5) is 19.3. The Morgan fingerprint density at radius 2 is 2.31 bits per heavy atom. The molecule has 0 unspecified atom stereocenters. The van der Waals surface area contributed by atoms with E-state index in [2.05, 4.69) is 15.3 Å². The normalized spacial score (nSPS) is 15.1. The van der Waals surface area contributed by atoms with Crippen LogP contribution in [0.3, 0.4) is 0 Å². The van der Waals surface area contributed by atoms with Crippen molar-refractivity contribution in [1.82, 2.24) is 15.3 Å². The zero-order valence-corrected chi connectivity index (χ0v) is 9.36. The largest absolute Gasteiger partial charge is 0.369 e. The molecule has 0 aromatic carbocycles. The standard InChI is InChI=1S/C11H16N4O/c1-7-4-9(6-13-8-2-3-8)15-11(14-7)5-10(12)16/h4,8,13H,2-3,5-6H2,1H3,(H2,12,16). The van der Waals surface area contributed by atoms with E-state index >= 15 is 0 Å². The third-order valence-electron chi connectivity index (χ3n) is 2.44. The van der Waals surface area contributed by atoms with Crippen LogP contribution in [0.15, 0.2) is 6.07 Å². The highest BCUT2D eigenvalue weighted by Crippen LogP contribution is 2.19. The molecule has 1 aromatic rings. The number of nitrogens with two attached hydrogens (primary N) is 1. The summed E-state index contributed by atoms with van der Waals surface area (Å²) in [5.41, 5.74) is 6.92. The number of aromatic nitrogens is 2. The van der Waals surface area contributed by atoms with Gasteiger partial charge in [-0.25, -0.2) is 9.97 Å². The van der Waals surface area contributed by atoms with Crippen LogP contribution in [0.1, 0.15) is 30.1 Å². The molecule has 16 heavy (non-hydrogen) atoms. The molecule has 0 bridgehead atoms. The van der Waals surface area contributed by atoms with E-state index in [-0.39, 0.29) is 6.42 Å². The second-order valence-corrected chi connectivity index (χ2v) is 4.22. The van der Waals surface area contributed by atoms with E-state index in [1.54, 1.807) is 0 Å². The maximum Gasteiger partial charge on any atom is 0.225 e. The molecular formula is C11H16N4O. The Morgan fingerprint density at radius 3 is 2.94 bits per heavy atom. The molecule has 5 heteroatoms. The second kappa shape index (κ2) is 4.57. The summed E-state index contributed by atoms with van der Waals surface area (Å²) >= 11 is 0. The molecule has 1 amide bonds. The average Bonchev–Trinajstić information content (AvgIpc) is 2.95. The topological polar surface area (TPSA) is 80.9 Å². The van der Waals surface area contributed by atoms with Gasteiger partial charge in [-0.1, -0.05) is 0 Å². The second-order valence-electron chi connectivity index (χ2n) is 4.22. The van der Waals surface area contributed by atoms with E-state index in [1.165, 1.54) is 12.8 Å². The quantitative estimate of drug-likeness (QED) is 0.735. The van der Waals surface area contributed by atoms with E-state index in [4.69, 9.17) is 5.73 Å². The lowest BCUT2D eigenvalue weighted by Gasteiger charge is -2.05. The van der Waals surface area contributed by atoms with Crippen LogP contribution in [0, 0.1) is 6.92 Å². The number of hydrogen-bond acceptors (Lipinski definition) is 4. The molecule has 0 saturated heterocycles. The van der Waals surface area contributed by atoms with Gasteiger partial charge in [0, 0.05) is 18.3 Å². The van der Waals surface area contributed by atoms with Crippen LogP contribution in [0.5, 0.6) is 0 Å². The molecule has 1 aliphatic carbocycles. The smallest absolute Gasteiger partial charge is 0.225 e. The summed E-state index contributed by atoms with van der Waals surface area (Å²) in [5.74, 6) is 0.117. The molecule has 1 heterocycles.